The lowest BCUT2D eigenvalue weighted by molar-refractivity contribution is -0.117. The second-order valence-corrected chi connectivity index (χ2v) is 9.67. The number of carbonyl (C=O) groups excluding carboxylic acids is 1. The number of amides is 1. The van der Waals surface area contributed by atoms with Crippen LogP contribution in [0.4, 0.5) is 0 Å². The van der Waals surface area contributed by atoms with Gasteiger partial charge in [0, 0.05) is 6.42 Å². The molecule has 1 heterocycles. The Bertz CT molecular complexity index is 1250. The summed E-state index contributed by atoms with van der Waals surface area (Å²) in [6.07, 6.45) is 5.18. The minimum absolute atomic E-state index is 0.147. The molecule has 0 N–H and O–H groups in total. The van der Waals surface area contributed by atoms with Crippen molar-refractivity contribution in [2.24, 2.45) is 4.99 Å². The third-order valence-electron chi connectivity index (χ3n) is 3.89. The van der Waals surface area contributed by atoms with E-state index in [2.05, 4.69) is 10.9 Å². The van der Waals surface area contributed by atoms with Crippen LogP contribution in [0, 0.1) is 12.3 Å². The van der Waals surface area contributed by atoms with Crippen molar-refractivity contribution in [3.8, 4) is 12.3 Å². The van der Waals surface area contributed by atoms with E-state index in [4.69, 9.17) is 29.6 Å². The molecule has 0 atom stereocenters. The quantitative estimate of drug-likeness (QED) is 0.550. The fourth-order valence-electron chi connectivity index (χ4n) is 2.56. The largest absolute Gasteiger partial charge is 0.303 e. The number of nitrogens with zero attached hydrogens (tertiary/aromatic N) is 2. The zero-order valence-corrected chi connectivity index (χ0v) is 17.6. The number of hydrogen-bond acceptors (Lipinski definition) is 4. The van der Waals surface area contributed by atoms with Crippen molar-refractivity contribution < 1.29 is 13.2 Å². The molecule has 3 aromatic rings. The molecule has 0 aliphatic carbocycles. The summed E-state index contributed by atoms with van der Waals surface area (Å²) in [4.78, 5) is 16.9. The maximum absolute atomic E-state index is 12.3. The number of sulfone groups is 1. The Labute approximate surface area is 176 Å². The summed E-state index contributed by atoms with van der Waals surface area (Å²) in [5, 5.41) is 0.905. The predicted octanol–water partition coefficient (Wildman–Crippen LogP) is 3.93. The first kappa shape index (κ1) is 20.6. The fourth-order valence-corrected chi connectivity index (χ4v) is 5.48. The molecule has 0 aliphatic heterocycles. The van der Waals surface area contributed by atoms with Crippen molar-refractivity contribution in [2.45, 2.75) is 17.9 Å². The molecule has 0 fully saturated rings. The van der Waals surface area contributed by atoms with Crippen molar-refractivity contribution in [1.82, 2.24) is 4.57 Å². The number of aromatic nitrogens is 1. The lowest BCUT2D eigenvalue weighted by Crippen LogP contribution is -2.18. The van der Waals surface area contributed by atoms with Crippen LogP contribution < -0.4 is 4.80 Å². The molecule has 1 amide bonds. The van der Waals surface area contributed by atoms with Gasteiger partial charge in [0.25, 0.3) is 0 Å². The number of carbonyl (C=O) groups is 1. The second kappa shape index (κ2) is 8.50. The number of thiazole rings is 1. The van der Waals surface area contributed by atoms with E-state index in [-0.39, 0.29) is 23.6 Å². The maximum Gasteiger partial charge on any atom is 0.249 e. The Kier molecular flexibility index (Phi) is 6.26. The Morgan fingerprint density at radius 2 is 1.82 bits per heavy atom. The van der Waals surface area contributed by atoms with Crippen molar-refractivity contribution >= 4 is 60.5 Å². The Morgan fingerprint density at radius 1 is 1.14 bits per heavy atom. The number of fused-ring (bicyclic) bond motifs is 1. The first-order valence-electron chi connectivity index (χ1n) is 8.09. The molecule has 5 nitrogen and oxygen atoms in total. The van der Waals surface area contributed by atoms with E-state index in [1.54, 1.807) is 34.9 Å². The van der Waals surface area contributed by atoms with Gasteiger partial charge >= 0.3 is 0 Å². The molecule has 1 aromatic heterocycles. The molecular formula is C19H14Cl2N2O3S2. The van der Waals surface area contributed by atoms with Crippen LogP contribution in [-0.4, -0.2) is 24.6 Å². The average molecular weight is 453 g/mol. The van der Waals surface area contributed by atoms with E-state index in [0.29, 0.717) is 25.1 Å². The van der Waals surface area contributed by atoms with Crippen molar-refractivity contribution in [1.29, 1.82) is 0 Å². The summed E-state index contributed by atoms with van der Waals surface area (Å²) in [6.45, 7) is 0.147. The zero-order valence-electron chi connectivity index (χ0n) is 14.4. The first-order valence-corrected chi connectivity index (χ1v) is 11.3. The first-order chi connectivity index (χ1) is 13.3. The van der Waals surface area contributed by atoms with Crippen molar-refractivity contribution in [3.63, 3.8) is 0 Å². The number of terminal acetylenes is 1. The van der Waals surface area contributed by atoms with Crippen molar-refractivity contribution in [3.05, 3.63) is 57.3 Å². The third-order valence-corrected chi connectivity index (χ3v) is 7.46. The fraction of sp³-hybridized carbons (Fsp3) is 0.158. The molecule has 2 aromatic carbocycles. The summed E-state index contributed by atoms with van der Waals surface area (Å²) >= 11 is 13.7. The minimum atomic E-state index is -3.56. The van der Waals surface area contributed by atoms with E-state index in [0.717, 1.165) is 0 Å². The van der Waals surface area contributed by atoms with E-state index < -0.39 is 15.7 Å². The van der Waals surface area contributed by atoms with Crippen LogP contribution in [0.5, 0.6) is 0 Å². The van der Waals surface area contributed by atoms with Gasteiger partial charge in [-0.25, -0.2) is 8.42 Å². The molecule has 0 bridgehead atoms. The molecule has 9 heteroatoms. The van der Waals surface area contributed by atoms with Gasteiger partial charge in [-0.1, -0.05) is 58.7 Å². The molecule has 28 heavy (non-hydrogen) atoms. The van der Waals surface area contributed by atoms with Gasteiger partial charge in [0.05, 0.1) is 37.5 Å². The minimum Gasteiger partial charge on any atom is -0.303 e. The number of halogens is 2. The summed E-state index contributed by atoms with van der Waals surface area (Å²) in [5.41, 5.74) is 0.598. The van der Waals surface area contributed by atoms with E-state index in [1.807, 2.05) is 0 Å². The summed E-state index contributed by atoms with van der Waals surface area (Å²) < 4.78 is 26.9. The topological polar surface area (TPSA) is 68.5 Å². The molecule has 144 valence electrons. The van der Waals surface area contributed by atoms with Gasteiger partial charge in [-0.2, -0.15) is 4.99 Å². The molecule has 0 unspecified atom stereocenters. The summed E-state index contributed by atoms with van der Waals surface area (Å²) in [7, 11) is -3.56. The van der Waals surface area contributed by atoms with E-state index in [1.165, 1.54) is 23.5 Å². The monoisotopic (exact) mass is 452 g/mol. The van der Waals surface area contributed by atoms with Gasteiger partial charge < -0.3 is 4.57 Å². The highest BCUT2D eigenvalue weighted by molar-refractivity contribution is 7.91. The molecule has 0 saturated heterocycles. The molecule has 0 saturated carbocycles. The molecular weight excluding hydrogens is 439 g/mol. The van der Waals surface area contributed by atoms with Gasteiger partial charge in [0.1, 0.15) is 0 Å². The molecule has 0 aliphatic rings. The van der Waals surface area contributed by atoms with Gasteiger partial charge in [0.15, 0.2) is 14.6 Å². The van der Waals surface area contributed by atoms with Crippen molar-refractivity contribution in [2.75, 3.05) is 5.75 Å². The third kappa shape index (κ3) is 4.31. The highest BCUT2D eigenvalue weighted by atomic mass is 35.5. The van der Waals surface area contributed by atoms with Gasteiger partial charge in [-0.05, 0) is 24.3 Å². The Hall–Kier alpha value is -2.11. The number of benzene rings is 2. The van der Waals surface area contributed by atoms with Crippen LogP contribution >= 0.6 is 34.5 Å². The lowest BCUT2D eigenvalue weighted by atomic mass is 10.3. The number of rotatable bonds is 5. The SMILES string of the molecule is C#CCn1c(=NC(=O)CCS(=O)(=O)c2ccccc2)sc2c(Cl)ccc(Cl)c21. The van der Waals surface area contributed by atoms with Crippen LogP contribution in [0.2, 0.25) is 10.0 Å². The predicted molar refractivity (Wildman–Crippen MR) is 112 cm³/mol. The average Bonchev–Trinajstić information content (AvgIpc) is 3.04. The molecule has 0 radical (unpaired) electrons. The Morgan fingerprint density at radius 3 is 2.50 bits per heavy atom. The summed E-state index contributed by atoms with van der Waals surface area (Å²) in [5.74, 6) is 1.60. The van der Waals surface area contributed by atoms with Crippen LogP contribution in [0.15, 0.2) is 52.4 Å². The number of hydrogen-bond donors (Lipinski definition) is 0. The zero-order chi connectivity index (χ0) is 20.3. The van der Waals surface area contributed by atoms with E-state index in [9.17, 15) is 13.2 Å². The summed E-state index contributed by atoms with van der Waals surface area (Å²) in [6, 6.07) is 11.3. The second-order valence-electron chi connectivity index (χ2n) is 5.77. The highest BCUT2D eigenvalue weighted by Gasteiger charge is 2.17. The van der Waals surface area contributed by atoms with Gasteiger partial charge in [-0.3, -0.25) is 4.79 Å². The normalized spacial score (nSPS) is 12.2. The van der Waals surface area contributed by atoms with Crippen LogP contribution in [0.25, 0.3) is 10.2 Å². The van der Waals surface area contributed by atoms with Crippen LogP contribution in [0.3, 0.4) is 0 Å². The maximum atomic E-state index is 12.3. The molecule has 0 spiro atoms. The van der Waals surface area contributed by atoms with Crippen LogP contribution in [-0.2, 0) is 21.2 Å². The molecule has 3 rings (SSSR count). The highest BCUT2D eigenvalue weighted by Crippen LogP contribution is 2.31. The lowest BCUT2D eigenvalue weighted by Gasteiger charge is -2.03. The standard InChI is InChI=1S/C19H14Cl2N2O3S2/c1-2-11-23-17-14(20)8-9-15(21)18(17)27-19(23)22-16(24)10-12-28(25,26)13-6-4-3-5-7-13/h1,3-9H,10-12H2. The van der Waals surface area contributed by atoms with Crippen LogP contribution in [0.1, 0.15) is 6.42 Å². The van der Waals surface area contributed by atoms with Gasteiger partial charge in [-0.15, -0.1) is 6.42 Å². The van der Waals surface area contributed by atoms with Gasteiger partial charge in [0.2, 0.25) is 5.91 Å². The van der Waals surface area contributed by atoms with E-state index >= 15 is 0 Å². The smallest absolute Gasteiger partial charge is 0.249 e. The Balaban J connectivity index is 1.93.